The maximum absolute atomic E-state index is 12.7. The van der Waals surface area contributed by atoms with E-state index in [9.17, 15) is 13.2 Å². The van der Waals surface area contributed by atoms with Gasteiger partial charge in [0.2, 0.25) is 15.9 Å². The summed E-state index contributed by atoms with van der Waals surface area (Å²) in [5.74, 6) is 0.252. The van der Waals surface area contributed by atoms with Gasteiger partial charge in [0.05, 0.1) is 6.26 Å². The van der Waals surface area contributed by atoms with Crippen LogP contribution in [0.3, 0.4) is 0 Å². The van der Waals surface area contributed by atoms with Crippen LogP contribution in [0.1, 0.15) is 51.9 Å². The second-order valence-electron chi connectivity index (χ2n) is 6.35. The zero-order valence-corrected chi connectivity index (χ0v) is 14.1. The summed E-state index contributed by atoms with van der Waals surface area (Å²) in [4.78, 5) is 14.8. The van der Waals surface area contributed by atoms with Gasteiger partial charge in [-0.2, -0.15) is 0 Å². The van der Waals surface area contributed by atoms with Crippen LogP contribution in [0.25, 0.3) is 0 Å². The predicted octanol–water partition coefficient (Wildman–Crippen LogP) is 1.84. The summed E-state index contributed by atoms with van der Waals surface area (Å²) >= 11 is 0. The zero-order chi connectivity index (χ0) is 15.5. The van der Waals surface area contributed by atoms with Gasteiger partial charge in [0.1, 0.15) is 0 Å². The molecule has 1 heterocycles. The maximum Gasteiger partial charge on any atom is 0.226 e. The lowest BCUT2D eigenvalue weighted by atomic mass is 9.91. The number of sulfonamides is 1. The van der Waals surface area contributed by atoms with E-state index in [4.69, 9.17) is 0 Å². The van der Waals surface area contributed by atoms with Crippen molar-refractivity contribution in [2.75, 3.05) is 25.9 Å². The van der Waals surface area contributed by atoms with Crippen LogP contribution in [0.4, 0.5) is 0 Å². The molecule has 0 bridgehead atoms. The smallest absolute Gasteiger partial charge is 0.226 e. The minimum absolute atomic E-state index is 0.00452. The molecular weight excluding hydrogens is 288 g/mol. The van der Waals surface area contributed by atoms with Crippen LogP contribution >= 0.6 is 0 Å². The lowest BCUT2D eigenvalue weighted by Crippen LogP contribution is -2.48. The molecular formula is C15H28N2O3S. The minimum atomic E-state index is -3.11. The third-order valence-corrected chi connectivity index (χ3v) is 6.21. The standard InChI is InChI=1S/C15H28N2O3S/c1-3-17(14-7-5-4-6-8-14)15(18)13-9-11-16(12-10-13)21(2,19)20/h13-14H,3-12H2,1-2H3. The fourth-order valence-electron chi connectivity index (χ4n) is 3.66. The number of amides is 1. The molecule has 0 spiro atoms. The Balaban J connectivity index is 1.93. The molecule has 0 unspecified atom stereocenters. The van der Waals surface area contributed by atoms with Crippen molar-refractivity contribution in [2.45, 2.75) is 57.9 Å². The summed E-state index contributed by atoms with van der Waals surface area (Å²) in [6.07, 6.45) is 8.56. The lowest BCUT2D eigenvalue weighted by molar-refractivity contribution is -0.139. The van der Waals surface area contributed by atoms with E-state index < -0.39 is 10.0 Å². The van der Waals surface area contributed by atoms with Crippen molar-refractivity contribution in [3.8, 4) is 0 Å². The van der Waals surface area contributed by atoms with Gasteiger partial charge in [0.25, 0.3) is 0 Å². The van der Waals surface area contributed by atoms with Gasteiger partial charge >= 0.3 is 0 Å². The average molecular weight is 316 g/mol. The van der Waals surface area contributed by atoms with Crippen LogP contribution in [0.5, 0.6) is 0 Å². The molecule has 6 heteroatoms. The van der Waals surface area contributed by atoms with Crippen molar-refractivity contribution in [1.82, 2.24) is 9.21 Å². The number of nitrogens with zero attached hydrogens (tertiary/aromatic N) is 2. The van der Waals surface area contributed by atoms with Crippen LogP contribution in [-0.2, 0) is 14.8 Å². The molecule has 1 aliphatic heterocycles. The summed E-state index contributed by atoms with van der Waals surface area (Å²) in [7, 11) is -3.11. The molecule has 1 saturated heterocycles. The van der Waals surface area contributed by atoms with Crippen molar-refractivity contribution in [1.29, 1.82) is 0 Å². The molecule has 0 aromatic carbocycles. The summed E-state index contributed by atoms with van der Waals surface area (Å²) in [6, 6.07) is 0.407. The second kappa shape index (κ2) is 7.09. The van der Waals surface area contributed by atoms with E-state index in [2.05, 4.69) is 11.8 Å². The van der Waals surface area contributed by atoms with Gasteiger partial charge in [-0.25, -0.2) is 12.7 Å². The highest BCUT2D eigenvalue weighted by molar-refractivity contribution is 7.88. The summed E-state index contributed by atoms with van der Waals surface area (Å²) < 4.78 is 24.6. The first kappa shape index (κ1) is 16.7. The molecule has 0 aromatic heterocycles. The van der Waals surface area contributed by atoms with E-state index in [-0.39, 0.29) is 11.8 Å². The van der Waals surface area contributed by atoms with E-state index in [0.29, 0.717) is 32.0 Å². The predicted molar refractivity (Wildman–Crippen MR) is 83.4 cm³/mol. The molecule has 1 aliphatic carbocycles. The largest absolute Gasteiger partial charge is 0.340 e. The first-order chi connectivity index (χ1) is 9.93. The quantitative estimate of drug-likeness (QED) is 0.795. The van der Waals surface area contributed by atoms with Crippen LogP contribution in [0.15, 0.2) is 0 Å². The van der Waals surface area contributed by atoms with Crippen molar-refractivity contribution in [3.63, 3.8) is 0 Å². The summed E-state index contributed by atoms with van der Waals surface area (Å²) in [5.41, 5.74) is 0. The normalized spacial score (nSPS) is 23.1. The maximum atomic E-state index is 12.7. The lowest BCUT2D eigenvalue weighted by Gasteiger charge is -2.38. The third-order valence-electron chi connectivity index (χ3n) is 4.91. The highest BCUT2D eigenvalue weighted by Crippen LogP contribution is 2.27. The van der Waals surface area contributed by atoms with Gasteiger partial charge in [-0.15, -0.1) is 0 Å². The number of piperidine rings is 1. The molecule has 0 atom stereocenters. The Kier molecular flexibility index (Phi) is 5.66. The van der Waals surface area contributed by atoms with Crippen LogP contribution in [-0.4, -0.2) is 55.5 Å². The molecule has 5 nitrogen and oxygen atoms in total. The van der Waals surface area contributed by atoms with Crippen molar-refractivity contribution in [3.05, 3.63) is 0 Å². The number of carbonyl (C=O) groups is 1. The molecule has 122 valence electrons. The van der Waals surface area contributed by atoms with Gasteiger partial charge in [0.15, 0.2) is 0 Å². The third kappa shape index (κ3) is 4.19. The Morgan fingerprint density at radius 2 is 1.67 bits per heavy atom. The van der Waals surface area contributed by atoms with Crippen molar-refractivity contribution < 1.29 is 13.2 Å². The minimum Gasteiger partial charge on any atom is -0.340 e. The molecule has 1 amide bonds. The highest BCUT2D eigenvalue weighted by Gasteiger charge is 2.33. The Labute approximate surface area is 128 Å². The van der Waals surface area contributed by atoms with Crippen molar-refractivity contribution in [2.24, 2.45) is 5.92 Å². The fraction of sp³-hybridized carbons (Fsp3) is 0.933. The fourth-order valence-corrected chi connectivity index (χ4v) is 4.53. The monoisotopic (exact) mass is 316 g/mol. The van der Waals surface area contributed by atoms with Gasteiger partial charge in [0, 0.05) is 31.6 Å². The van der Waals surface area contributed by atoms with E-state index in [0.717, 1.165) is 19.4 Å². The van der Waals surface area contributed by atoms with Gasteiger partial charge in [-0.05, 0) is 32.6 Å². The van der Waals surface area contributed by atoms with Crippen molar-refractivity contribution >= 4 is 15.9 Å². The Bertz CT molecular complexity index is 450. The van der Waals surface area contributed by atoms with Crippen LogP contribution in [0.2, 0.25) is 0 Å². The molecule has 2 rings (SSSR count). The van der Waals surface area contributed by atoms with E-state index >= 15 is 0 Å². The van der Waals surface area contributed by atoms with Gasteiger partial charge in [-0.3, -0.25) is 4.79 Å². The molecule has 0 radical (unpaired) electrons. The Morgan fingerprint density at radius 1 is 1.10 bits per heavy atom. The number of hydrogen-bond acceptors (Lipinski definition) is 3. The molecule has 2 aliphatic rings. The average Bonchev–Trinajstić information content (AvgIpc) is 2.48. The number of carbonyl (C=O) groups excluding carboxylic acids is 1. The molecule has 0 N–H and O–H groups in total. The van der Waals surface area contributed by atoms with E-state index in [1.807, 2.05) is 0 Å². The van der Waals surface area contributed by atoms with E-state index in [1.54, 1.807) is 0 Å². The topological polar surface area (TPSA) is 57.7 Å². The first-order valence-electron chi connectivity index (χ1n) is 8.19. The van der Waals surface area contributed by atoms with Crippen LogP contribution < -0.4 is 0 Å². The molecule has 0 aromatic rings. The van der Waals surface area contributed by atoms with Gasteiger partial charge < -0.3 is 4.90 Å². The first-order valence-corrected chi connectivity index (χ1v) is 10.0. The number of rotatable bonds is 4. The van der Waals surface area contributed by atoms with E-state index in [1.165, 1.54) is 29.8 Å². The SMILES string of the molecule is CCN(C(=O)C1CCN(S(C)(=O)=O)CC1)C1CCCCC1. The second-order valence-corrected chi connectivity index (χ2v) is 8.33. The van der Waals surface area contributed by atoms with Crippen LogP contribution in [0, 0.1) is 5.92 Å². The molecule has 21 heavy (non-hydrogen) atoms. The highest BCUT2D eigenvalue weighted by atomic mass is 32.2. The number of hydrogen-bond donors (Lipinski definition) is 0. The molecule has 2 fully saturated rings. The zero-order valence-electron chi connectivity index (χ0n) is 13.3. The summed E-state index contributed by atoms with van der Waals surface area (Å²) in [6.45, 7) is 3.79. The molecule has 1 saturated carbocycles. The Morgan fingerprint density at radius 3 is 2.14 bits per heavy atom. The summed E-state index contributed by atoms with van der Waals surface area (Å²) in [5, 5.41) is 0. The Hall–Kier alpha value is -0.620. The van der Waals surface area contributed by atoms with Gasteiger partial charge in [-0.1, -0.05) is 19.3 Å².